The average Bonchev–Trinajstić information content (AvgIpc) is 3.29. The minimum atomic E-state index is -0.189. The minimum absolute atomic E-state index is 0.189. The van der Waals surface area contributed by atoms with Gasteiger partial charge in [0.15, 0.2) is 11.4 Å². The summed E-state index contributed by atoms with van der Waals surface area (Å²) in [5.41, 5.74) is 3.95. The Morgan fingerprint density at radius 3 is 2.61 bits per heavy atom. The van der Waals surface area contributed by atoms with Gasteiger partial charge in [-0.3, -0.25) is 9.38 Å². The van der Waals surface area contributed by atoms with Gasteiger partial charge >= 0.3 is 0 Å². The summed E-state index contributed by atoms with van der Waals surface area (Å²) in [6.07, 6.45) is 2.50. The third kappa shape index (κ3) is 3.62. The van der Waals surface area contributed by atoms with Crippen LogP contribution in [0.4, 0.5) is 15.8 Å². The molecular formula is C24H28FN4O2+. The van der Waals surface area contributed by atoms with Gasteiger partial charge in [-0.2, -0.15) is 4.98 Å². The van der Waals surface area contributed by atoms with Gasteiger partial charge in [-0.25, -0.2) is 4.39 Å². The molecule has 1 saturated heterocycles. The van der Waals surface area contributed by atoms with E-state index in [4.69, 9.17) is 9.26 Å². The number of hydrogen-bond acceptors (Lipinski definition) is 5. The van der Waals surface area contributed by atoms with Crippen LogP contribution in [0.3, 0.4) is 0 Å². The molecule has 0 amide bonds. The molecule has 3 heterocycles. The second-order valence-corrected chi connectivity index (χ2v) is 8.50. The molecule has 0 aliphatic carbocycles. The quantitative estimate of drug-likeness (QED) is 0.584. The molecule has 6 nitrogen and oxygen atoms in total. The van der Waals surface area contributed by atoms with Crippen LogP contribution in [0.15, 0.2) is 40.9 Å². The molecule has 31 heavy (non-hydrogen) atoms. The average molecular weight is 424 g/mol. The first-order chi connectivity index (χ1) is 15.1. The third-order valence-corrected chi connectivity index (χ3v) is 6.53. The predicted octanol–water partition coefficient (Wildman–Crippen LogP) is 4.35. The smallest absolute Gasteiger partial charge is 0.226 e. The van der Waals surface area contributed by atoms with E-state index in [0.29, 0.717) is 29.2 Å². The molecule has 3 aromatic rings. The van der Waals surface area contributed by atoms with Gasteiger partial charge in [0.05, 0.1) is 6.61 Å². The summed E-state index contributed by atoms with van der Waals surface area (Å²) < 4.78 is 26.6. The zero-order valence-electron chi connectivity index (χ0n) is 18.1. The molecule has 2 aliphatic rings. The van der Waals surface area contributed by atoms with Crippen molar-refractivity contribution in [2.75, 3.05) is 39.8 Å². The summed E-state index contributed by atoms with van der Waals surface area (Å²) in [6.45, 7) is 6.25. The van der Waals surface area contributed by atoms with Crippen molar-refractivity contribution >= 4 is 11.4 Å². The largest absolute Gasteiger partial charge is 0.487 e. The second kappa shape index (κ2) is 8.05. The highest BCUT2D eigenvalue weighted by Crippen LogP contribution is 2.46. The minimum Gasteiger partial charge on any atom is -0.487 e. The summed E-state index contributed by atoms with van der Waals surface area (Å²) in [6, 6.07) is 11.6. The SMILES string of the molecule is CCc1nc(-c2ccc([N+]3(c4cc(F)cc5c4OCCC5)CCN(C)CC3)cc2)no1. The second-order valence-electron chi connectivity index (χ2n) is 8.50. The Morgan fingerprint density at radius 1 is 1.13 bits per heavy atom. The molecule has 2 aromatic carbocycles. The first-order valence-corrected chi connectivity index (χ1v) is 11.0. The van der Waals surface area contributed by atoms with Gasteiger partial charge in [0.2, 0.25) is 11.7 Å². The van der Waals surface area contributed by atoms with Crippen molar-refractivity contribution in [1.29, 1.82) is 0 Å². The summed E-state index contributed by atoms with van der Waals surface area (Å²) in [7, 11) is 2.13. The van der Waals surface area contributed by atoms with Crippen LogP contribution in [0.25, 0.3) is 11.4 Å². The predicted molar refractivity (Wildman–Crippen MR) is 118 cm³/mol. The monoisotopic (exact) mass is 423 g/mol. The third-order valence-electron chi connectivity index (χ3n) is 6.53. The Hall–Kier alpha value is -2.77. The van der Waals surface area contributed by atoms with Crippen LogP contribution >= 0.6 is 0 Å². The molecule has 1 aromatic heterocycles. The van der Waals surface area contributed by atoms with Crippen LogP contribution in [0.2, 0.25) is 0 Å². The van der Waals surface area contributed by atoms with E-state index in [2.05, 4.69) is 34.2 Å². The van der Waals surface area contributed by atoms with Crippen molar-refractivity contribution < 1.29 is 13.7 Å². The van der Waals surface area contributed by atoms with Crippen LogP contribution in [0.5, 0.6) is 5.75 Å². The van der Waals surface area contributed by atoms with E-state index < -0.39 is 0 Å². The number of quaternary nitrogens is 1. The van der Waals surface area contributed by atoms with Crippen molar-refractivity contribution in [1.82, 2.24) is 19.5 Å². The molecule has 0 saturated carbocycles. The number of ether oxygens (including phenoxy) is 1. The van der Waals surface area contributed by atoms with E-state index in [9.17, 15) is 4.39 Å². The Labute approximate surface area is 181 Å². The summed E-state index contributed by atoms with van der Waals surface area (Å²) in [5, 5.41) is 4.09. The molecule has 1 fully saturated rings. The van der Waals surface area contributed by atoms with Crippen molar-refractivity contribution in [3.8, 4) is 17.1 Å². The highest BCUT2D eigenvalue weighted by atomic mass is 19.1. The molecule has 0 N–H and O–H groups in total. The maximum Gasteiger partial charge on any atom is 0.226 e. The molecule has 0 atom stereocenters. The first-order valence-electron chi connectivity index (χ1n) is 11.0. The molecule has 0 unspecified atom stereocenters. The Bertz CT molecular complexity index is 1070. The van der Waals surface area contributed by atoms with Gasteiger partial charge in [-0.05, 0) is 38.1 Å². The lowest BCUT2D eigenvalue weighted by atomic mass is 10.0. The molecule has 0 spiro atoms. The van der Waals surface area contributed by atoms with Gasteiger partial charge in [-0.15, -0.1) is 0 Å². The first kappa shape index (κ1) is 20.2. The van der Waals surface area contributed by atoms with Crippen molar-refractivity contribution in [3.05, 3.63) is 53.7 Å². The molecule has 7 heteroatoms. The molecule has 162 valence electrons. The topological polar surface area (TPSA) is 51.4 Å². The normalized spacial score (nSPS) is 18.4. The van der Waals surface area contributed by atoms with Gasteiger partial charge in [0, 0.05) is 48.8 Å². The molecule has 0 radical (unpaired) electrons. The van der Waals surface area contributed by atoms with E-state index >= 15 is 0 Å². The molecule has 0 bridgehead atoms. The number of nitrogens with zero attached hydrogens (tertiary/aromatic N) is 4. The number of fused-ring (bicyclic) bond motifs is 1. The molecular weight excluding hydrogens is 395 g/mol. The zero-order chi connectivity index (χ0) is 21.4. The number of aromatic nitrogens is 2. The lowest BCUT2D eigenvalue weighted by molar-refractivity contribution is 0.196. The van der Waals surface area contributed by atoms with E-state index in [0.717, 1.165) is 67.3 Å². The van der Waals surface area contributed by atoms with Crippen LogP contribution in [0.1, 0.15) is 24.8 Å². The highest BCUT2D eigenvalue weighted by molar-refractivity contribution is 5.70. The van der Waals surface area contributed by atoms with Crippen LogP contribution < -0.4 is 9.22 Å². The number of piperazine rings is 1. The van der Waals surface area contributed by atoms with Crippen LogP contribution in [0, 0.1) is 5.82 Å². The van der Waals surface area contributed by atoms with E-state index in [1.54, 1.807) is 12.1 Å². The summed E-state index contributed by atoms with van der Waals surface area (Å²) in [5.74, 6) is 1.91. The number of benzene rings is 2. The number of hydrogen-bond donors (Lipinski definition) is 0. The zero-order valence-corrected chi connectivity index (χ0v) is 18.1. The fraction of sp³-hybridized carbons (Fsp3) is 0.417. The van der Waals surface area contributed by atoms with Crippen LogP contribution in [-0.2, 0) is 12.8 Å². The van der Waals surface area contributed by atoms with Crippen LogP contribution in [-0.4, -0.2) is 54.9 Å². The molecule has 2 aliphatic heterocycles. The Balaban J connectivity index is 1.59. The van der Waals surface area contributed by atoms with Crippen molar-refractivity contribution in [3.63, 3.8) is 0 Å². The maximum atomic E-state index is 14.7. The van der Waals surface area contributed by atoms with E-state index in [1.807, 2.05) is 19.1 Å². The van der Waals surface area contributed by atoms with Gasteiger partial charge in [0.25, 0.3) is 0 Å². The number of halogens is 1. The fourth-order valence-corrected chi connectivity index (χ4v) is 4.70. The van der Waals surface area contributed by atoms with Gasteiger partial charge in [0.1, 0.15) is 24.6 Å². The highest BCUT2D eigenvalue weighted by Gasteiger charge is 2.41. The van der Waals surface area contributed by atoms with Gasteiger partial charge < -0.3 is 9.26 Å². The van der Waals surface area contributed by atoms with Crippen molar-refractivity contribution in [2.45, 2.75) is 26.2 Å². The number of aryl methyl sites for hydroxylation is 2. The van der Waals surface area contributed by atoms with E-state index in [1.165, 1.54) is 0 Å². The lowest BCUT2D eigenvalue weighted by Gasteiger charge is -2.44. The number of likely N-dealkylation sites (N-methyl/N-ethyl adjacent to an activating group) is 1. The number of rotatable bonds is 4. The summed E-state index contributed by atoms with van der Waals surface area (Å²) in [4.78, 5) is 6.76. The maximum absolute atomic E-state index is 14.7. The lowest BCUT2D eigenvalue weighted by Crippen LogP contribution is -2.57. The van der Waals surface area contributed by atoms with Crippen molar-refractivity contribution in [2.24, 2.45) is 0 Å². The van der Waals surface area contributed by atoms with E-state index in [-0.39, 0.29) is 5.82 Å². The Morgan fingerprint density at radius 2 is 1.90 bits per heavy atom. The van der Waals surface area contributed by atoms with Gasteiger partial charge in [-0.1, -0.05) is 12.1 Å². The Kier molecular flexibility index (Phi) is 5.24. The standard InChI is InChI=1S/C24H28FN4O2/c1-3-22-26-24(27-31-22)17-6-8-20(9-7-17)29(12-10-28(2)11-13-29)21-16-19(25)15-18-5-4-14-30-23(18)21/h6-9,15-16H,3-5,10-14H2,1-2H3/q+1. The fourth-order valence-electron chi connectivity index (χ4n) is 4.70. The molecule has 5 rings (SSSR count). The summed E-state index contributed by atoms with van der Waals surface area (Å²) >= 11 is 0.